The number of thioether (sulfide) groups is 1. The van der Waals surface area contributed by atoms with Crippen LogP contribution in [-0.2, 0) is 10.8 Å². The Labute approximate surface area is 193 Å². The fourth-order valence-corrected chi connectivity index (χ4v) is 4.13. The number of rotatable bonds is 2. The number of phenols is 1. The molecule has 0 saturated heterocycles. The molecule has 0 spiro atoms. The van der Waals surface area contributed by atoms with Crippen LogP contribution in [0.15, 0.2) is 41.6 Å². The maximum absolute atomic E-state index is 11.1. The predicted octanol–water partition coefficient (Wildman–Crippen LogP) is 6.06. The topological polar surface area (TPSA) is 80.2 Å². The molecule has 1 atom stereocenters. The molecule has 3 aromatic rings. The van der Waals surface area contributed by atoms with Crippen LogP contribution >= 0.6 is 11.8 Å². The summed E-state index contributed by atoms with van der Waals surface area (Å²) in [6.07, 6.45) is 1.40. The molecule has 0 unspecified atom stereocenters. The second-order valence-corrected chi connectivity index (χ2v) is 10.9. The quantitative estimate of drug-likeness (QED) is 0.459. The van der Waals surface area contributed by atoms with Gasteiger partial charge in [-0.15, -0.1) is 10.2 Å². The molecule has 2 N–H and O–H groups in total. The Balaban J connectivity index is 1.92. The summed E-state index contributed by atoms with van der Waals surface area (Å²) in [6.45, 7) is 12.6. The molecule has 0 amide bonds. The Kier molecular flexibility index (Phi) is 5.57. The molecule has 0 bridgehead atoms. The minimum atomic E-state index is -0.508. The summed E-state index contributed by atoms with van der Waals surface area (Å²) >= 11 is 1.42. The van der Waals surface area contributed by atoms with Gasteiger partial charge in [0.2, 0.25) is 11.0 Å². The summed E-state index contributed by atoms with van der Waals surface area (Å²) < 4.78 is 6.42. The van der Waals surface area contributed by atoms with E-state index in [0.717, 1.165) is 27.9 Å². The summed E-state index contributed by atoms with van der Waals surface area (Å²) in [6, 6.07) is 12.0. The fraction of sp³-hybridized carbons (Fsp3) is 0.400. The van der Waals surface area contributed by atoms with Crippen molar-refractivity contribution in [3.05, 3.63) is 53.1 Å². The van der Waals surface area contributed by atoms with Crippen molar-refractivity contribution in [2.24, 2.45) is 0 Å². The van der Waals surface area contributed by atoms with Crippen LogP contribution in [0.5, 0.6) is 11.6 Å². The zero-order valence-corrected chi connectivity index (χ0v) is 20.5. The van der Waals surface area contributed by atoms with Crippen molar-refractivity contribution < 1.29 is 9.84 Å². The van der Waals surface area contributed by atoms with Crippen molar-refractivity contribution in [2.45, 2.75) is 63.8 Å². The highest BCUT2D eigenvalue weighted by Crippen LogP contribution is 2.44. The maximum atomic E-state index is 11.1. The number of fused-ring (bicyclic) bond motifs is 3. The largest absolute Gasteiger partial charge is 0.507 e. The second-order valence-electron chi connectivity index (χ2n) is 10.1. The van der Waals surface area contributed by atoms with E-state index in [1.165, 1.54) is 11.8 Å². The summed E-state index contributed by atoms with van der Waals surface area (Å²) in [7, 11) is 0. The third-order valence-electron chi connectivity index (χ3n) is 5.57. The van der Waals surface area contributed by atoms with Gasteiger partial charge in [-0.1, -0.05) is 71.5 Å². The van der Waals surface area contributed by atoms with E-state index in [9.17, 15) is 5.11 Å². The third kappa shape index (κ3) is 4.13. The maximum Gasteiger partial charge on any atom is 0.247 e. The molecule has 0 fully saturated rings. The van der Waals surface area contributed by atoms with Crippen LogP contribution in [0, 0.1) is 0 Å². The van der Waals surface area contributed by atoms with E-state index in [0.29, 0.717) is 22.5 Å². The number of hydrogen-bond acceptors (Lipinski definition) is 7. The van der Waals surface area contributed by atoms with Gasteiger partial charge in [0.1, 0.15) is 5.75 Å². The molecule has 6 nitrogen and oxygen atoms in total. The van der Waals surface area contributed by atoms with E-state index in [1.807, 2.05) is 42.7 Å². The first-order chi connectivity index (χ1) is 15.0. The van der Waals surface area contributed by atoms with Gasteiger partial charge in [0.15, 0.2) is 11.9 Å². The predicted molar refractivity (Wildman–Crippen MR) is 130 cm³/mol. The Morgan fingerprint density at radius 2 is 1.59 bits per heavy atom. The van der Waals surface area contributed by atoms with Crippen LogP contribution in [0.1, 0.15) is 64.5 Å². The molecule has 1 aliphatic heterocycles. The molecule has 1 aromatic heterocycles. The van der Waals surface area contributed by atoms with Crippen molar-refractivity contribution in [3.8, 4) is 22.9 Å². The number of hydrogen-bond donors (Lipinski definition) is 2. The van der Waals surface area contributed by atoms with E-state index in [-0.39, 0.29) is 10.8 Å². The lowest BCUT2D eigenvalue weighted by molar-refractivity contribution is 0.224. The molecule has 168 valence electrons. The molecule has 2 aromatic carbocycles. The summed E-state index contributed by atoms with van der Waals surface area (Å²) in [4.78, 5) is 4.60. The number of anilines is 1. The molecule has 0 radical (unpaired) electrons. The minimum absolute atomic E-state index is 0.240. The summed E-state index contributed by atoms with van der Waals surface area (Å²) in [5.74, 6) is 0.784. The number of nitrogens with one attached hydrogen (secondary N) is 1. The molecule has 4 rings (SSSR count). The lowest BCUT2D eigenvalue weighted by Gasteiger charge is -2.30. The first kappa shape index (κ1) is 22.4. The van der Waals surface area contributed by atoms with Crippen molar-refractivity contribution >= 4 is 17.4 Å². The van der Waals surface area contributed by atoms with Crippen LogP contribution in [-0.4, -0.2) is 26.5 Å². The van der Waals surface area contributed by atoms with Crippen molar-refractivity contribution in [1.82, 2.24) is 15.2 Å². The van der Waals surface area contributed by atoms with Crippen LogP contribution in [0.25, 0.3) is 11.3 Å². The SMILES string of the molecule is CSc1nnc2c(n1)O[C@@H](c1cc(C(C)(C)C)c(O)c(C(C)(C)C)c1)Nc1ccccc1-2. The normalized spacial score (nSPS) is 15.8. The van der Waals surface area contributed by atoms with Gasteiger partial charge in [-0.25, -0.2) is 0 Å². The van der Waals surface area contributed by atoms with Crippen LogP contribution in [0.3, 0.4) is 0 Å². The Morgan fingerprint density at radius 1 is 0.969 bits per heavy atom. The van der Waals surface area contributed by atoms with Gasteiger partial charge in [-0.05, 0) is 35.3 Å². The van der Waals surface area contributed by atoms with E-state index in [2.05, 4.69) is 62.0 Å². The van der Waals surface area contributed by atoms with E-state index < -0.39 is 6.23 Å². The summed E-state index contributed by atoms with van der Waals surface area (Å²) in [5.41, 5.74) is 4.61. The molecule has 32 heavy (non-hydrogen) atoms. The van der Waals surface area contributed by atoms with Crippen molar-refractivity contribution in [3.63, 3.8) is 0 Å². The first-order valence-corrected chi connectivity index (χ1v) is 11.9. The van der Waals surface area contributed by atoms with Gasteiger partial charge in [0, 0.05) is 27.9 Å². The molecule has 7 heteroatoms. The molecular formula is C25H30N4O2S. The van der Waals surface area contributed by atoms with Crippen LogP contribution in [0.4, 0.5) is 5.69 Å². The molecule has 0 saturated carbocycles. The Bertz CT molecular complexity index is 1130. The number of aromatic hydroxyl groups is 1. The standard InChI is InChI=1S/C25H30N4O2S/c1-24(2,3)16-12-14(13-17(20(16)30)25(4,5)6)21-26-18-11-9-8-10-15(18)19-22(31-21)27-23(32-7)29-28-19/h8-13,21,26,30H,1-7H3/t21-/m0/s1. The van der Waals surface area contributed by atoms with Crippen LogP contribution < -0.4 is 10.1 Å². The lowest BCUT2D eigenvalue weighted by atomic mass is 9.78. The van der Waals surface area contributed by atoms with Gasteiger partial charge in [-0.2, -0.15) is 4.98 Å². The fourth-order valence-electron chi connectivity index (χ4n) is 3.84. The number of phenolic OH excluding ortho intramolecular Hbond substituents is 1. The highest BCUT2D eigenvalue weighted by Gasteiger charge is 2.31. The highest BCUT2D eigenvalue weighted by molar-refractivity contribution is 7.98. The smallest absolute Gasteiger partial charge is 0.247 e. The van der Waals surface area contributed by atoms with Gasteiger partial charge in [0.25, 0.3) is 0 Å². The van der Waals surface area contributed by atoms with Gasteiger partial charge < -0.3 is 15.2 Å². The zero-order valence-electron chi connectivity index (χ0n) is 19.6. The number of nitrogens with zero attached hydrogens (tertiary/aromatic N) is 3. The molecular weight excluding hydrogens is 420 g/mol. The van der Waals surface area contributed by atoms with Crippen LogP contribution in [0.2, 0.25) is 0 Å². The van der Waals surface area contributed by atoms with Gasteiger partial charge >= 0.3 is 0 Å². The zero-order chi connectivity index (χ0) is 23.3. The number of para-hydroxylation sites is 1. The van der Waals surface area contributed by atoms with E-state index >= 15 is 0 Å². The molecule has 0 aliphatic carbocycles. The van der Waals surface area contributed by atoms with Crippen molar-refractivity contribution in [2.75, 3.05) is 11.6 Å². The number of ether oxygens (including phenoxy) is 1. The summed E-state index contributed by atoms with van der Waals surface area (Å²) in [5, 5.41) is 23.8. The van der Waals surface area contributed by atoms with Gasteiger partial charge in [0.05, 0.1) is 0 Å². The third-order valence-corrected chi connectivity index (χ3v) is 6.11. The minimum Gasteiger partial charge on any atom is -0.507 e. The van der Waals surface area contributed by atoms with E-state index in [1.54, 1.807) is 0 Å². The Hall–Kier alpha value is -2.80. The van der Waals surface area contributed by atoms with Gasteiger partial charge in [-0.3, -0.25) is 0 Å². The monoisotopic (exact) mass is 450 g/mol. The number of aromatic nitrogens is 3. The number of benzene rings is 2. The average molecular weight is 451 g/mol. The lowest BCUT2D eigenvalue weighted by Crippen LogP contribution is -2.22. The highest BCUT2D eigenvalue weighted by atomic mass is 32.2. The van der Waals surface area contributed by atoms with Crippen molar-refractivity contribution in [1.29, 1.82) is 0 Å². The van der Waals surface area contributed by atoms with E-state index in [4.69, 9.17) is 4.74 Å². The second kappa shape index (κ2) is 7.96. The average Bonchev–Trinajstić information content (AvgIpc) is 2.88. The Morgan fingerprint density at radius 3 is 2.19 bits per heavy atom. The molecule has 1 aliphatic rings. The molecule has 2 heterocycles. The first-order valence-electron chi connectivity index (χ1n) is 10.7.